The Labute approximate surface area is 125 Å². The Kier molecular flexibility index (Phi) is 5.36. The summed E-state index contributed by atoms with van der Waals surface area (Å²) in [6.45, 7) is 6.46. The van der Waals surface area contributed by atoms with Crippen molar-refractivity contribution in [2.24, 2.45) is 5.92 Å². The van der Waals surface area contributed by atoms with Crippen molar-refractivity contribution in [1.29, 1.82) is 0 Å². The lowest BCUT2D eigenvalue weighted by atomic mass is 9.84. The second-order valence-corrected chi connectivity index (χ2v) is 7.33. The van der Waals surface area contributed by atoms with Gasteiger partial charge in [0, 0.05) is 31.7 Å². The van der Waals surface area contributed by atoms with Crippen LogP contribution in [0.4, 0.5) is 0 Å². The van der Waals surface area contributed by atoms with Gasteiger partial charge in [0.1, 0.15) is 0 Å². The summed E-state index contributed by atoms with van der Waals surface area (Å²) in [6, 6.07) is 1.70. The van der Waals surface area contributed by atoms with E-state index in [1.54, 1.807) is 0 Å². The lowest BCUT2D eigenvalue weighted by Gasteiger charge is -2.46. The molecule has 2 unspecified atom stereocenters. The van der Waals surface area contributed by atoms with Crippen LogP contribution in [0, 0.1) is 5.92 Å². The van der Waals surface area contributed by atoms with E-state index in [0.717, 1.165) is 18.0 Å². The summed E-state index contributed by atoms with van der Waals surface area (Å²) in [6.07, 6.45) is 11.4. The fourth-order valence-corrected chi connectivity index (χ4v) is 4.66. The minimum absolute atomic E-state index is 0.821. The Morgan fingerprint density at radius 3 is 2.65 bits per heavy atom. The summed E-state index contributed by atoms with van der Waals surface area (Å²) in [4.78, 5) is 5.34. The van der Waals surface area contributed by atoms with Crippen molar-refractivity contribution in [3.63, 3.8) is 0 Å². The summed E-state index contributed by atoms with van der Waals surface area (Å²) in [7, 11) is 2.33. The molecule has 20 heavy (non-hydrogen) atoms. The van der Waals surface area contributed by atoms with Crippen molar-refractivity contribution in [1.82, 2.24) is 15.1 Å². The number of nitrogens with zero attached hydrogens (tertiary/aromatic N) is 2. The molecule has 3 heteroatoms. The van der Waals surface area contributed by atoms with E-state index in [1.807, 2.05) is 0 Å². The predicted molar refractivity (Wildman–Crippen MR) is 85.1 cm³/mol. The molecule has 3 nitrogen and oxygen atoms in total. The third-order valence-electron chi connectivity index (χ3n) is 5.90. The van der Waals surface area contributed by atoms with Crippen molar-refractivity contribution < 1.29 is 0 Å². The normalized spacial score (nSPS) is 34.0. The van der Waals surface area contributed by atoms with E-state index < -0.39 is 0 Å². The maximum absolute atomic E-state index is 3.80. The van der Waals surface area contributed by atoms with Gasteiger partial charge < -0.3 is 15.1 Å². The molecule has 3 rings (SSSR count). The van der Waals surface area contributed by atoms with Crippen LogP contribution in [0.3, 0.4) is 0 Å². The molecule has 2 aliphatic heterocycles. The van der Waals surface area contributed by atoms with Crippen molar-refractivity contribution in [3.05, 3.63) is 0 Å². The first-order valence-corrected chi connectivity index (χ1v) is 8.99. The van der Waals surface area contributed by atoms with Crippen LogP contribution in [-0.4, -0.2) is 61.7 Å². The molecule has 116 valence electrons. The minimum atomic E-state index is 0.821. The zero-order valence-corrected chi connectivity index (χ0v) is 13.3. The maximum Gasteiger partial charge on any atom is 0.0145 e. The molecule has 0 aromatic heterocycles. The highest BCUT2D eigenvalue weighted by molar-refractivity contribution is 4.89. The molecule has 0 aromatic carbocycles. The van der Waals surface area contributed by atoms with Gasteiger partial charge in [-0.15, -0.1) is 0 Å². The van der Waals surface area contributed by atoms with Crippen molar-refractivity contribution in [2.45, 2.75) is 63.5 Å². The molecule has 1 N–H and O–H groups in total. The van der Waals surface area contributed by atoms with E-state index in [0.29, 0.717) is 0 Å². The van der Waals surface area contributed by atoms with Gasteiger partial charge in [0.05, 0.1) is 0 Å². The minimum Gasteiger partial charge on any atom is -0.313 e. The van der Waals surface area contributed by atoms with Crippen LogP contribution in [0.5, 0.6) is 0 Å². The molecular weight excluding hydrogens is 246 g/mol. The Morgan fingerprint density at radius 2 is 1.80 bits per heavy atom. The first-order valence-electron chi connectivity index (χ1n) is 8.99. The van der Waals surface area contributed by atoms with Crippen LogP contribution in [0.25, 0.3) is 0 Å². The van der Waals surface area contributed by atoms with Gasteiger partial charge in [-0.05, 0) is 58.2 Å². The highest BCUT2D eigenvalue weighted by Crippen LogP contribution is 2.29. The molecule has 3 fully saturated rings. The van der Waals surface area contributed by atoms with Gasteiger partial charge in [0.15, 0.2) is 0 Å². The van der Waals surface area contributed by atoms with E-state index >= 15 is 0 Å². The number of rotatable bonds is 4. The first kappa shape index (κ1) is 14.8. The van der Waals surface area contributed by atoms with Crippen molar-refractivity contribution in [2.75, 3.05) is 39.8 Å². The Balaban J connectivity index is 1.36. The molecule has 0 bridgehead atoms. The summed E-state index contributed by atoms with van der Waals surface area (Å²) in [5.74, 6) is 0.942. The van der Waals surface area contributed by atoms with Gasteiger partial charge >= 0.3 is 0 Å². The standard InChI is InChI=1S/C17H33N3/c1-19-11-5-6-15-14-20(12-9-17(15)19)13-10-18-16-7-3-2-4-8-16/h15-18H,2-14H2,1H3. The number of fused-ring (bicyclic) bond motifs is 1. The van der Waals surface area contributed by atoms with Crippen molar-refractivity contribution in [3.8, 4) is 0 Å². The largest absolute Gasteiger partial charge is 0.313 e. The van der Waals surface area contributed by atoms with Crippen LogP contribution in [0.2, 0.25) is 0 Å². The molecule has 1 aliphatic carbocycles. The molecule has 2 atom stereocenters. The predicted octanol–water partition coefficient (Wildman–Crippen LogP) is 2.32. The SMILES string of the molecule is CN1CCCC2CN(CCNC3CCCCC3)CCC21. The molecular formula is C17H33N3. The molecule has 0 spiro atoms. The van der Waals surface area contributed by atoms with E-state index in [9.17, 15) is 0 Å². The highest BCUT2D eigenvalue weighted by Gasteiger charge is 2.33. The molecule has 0 aromatic rings. The quantitative estimate of drug-likeness (QED) is 0.852. The lowest BCUT2D eigenvalue weighted by molar-refractivity contribution is 0.0387. The topological polar surface area (TPSA) is 18.5 Å². The zero-order chi connectivity index (χ0) is 13.8. The van der Waals surface area contributed by atoms with Gasteiger partial charge in [-0.3, -0.25) is 0 Å². The van der Waals surface area contributed by atoms with Crippen LogP contribution in [-0.2, 0) is 0 Å². The second kappa shape index (κ2) is 7.24. The van der Waals surface area contributed by atoms with Gasteiger partial charge in [-0.25, -0.2) is 0 Å². The van der Waals surface area contributed by atoms with Crippen LogP contribution in [0.15, 0.2) is 0 Å². The van der Waals surface area contributed by atoms with Crippen LogP contribution < -0.4 is 5.32 Å². The van der Waals surface area contributed by atoms with Crippen LogP contribution in [0.1, 0.15) is 51.4 Å². The van der Waals surface area contributed by atoms with Gasteiger partial charge in [0.2, 0.25) is 0 Å². The molecule has 3 aliphatic rings. The van der Waals surface area contributed by atoms with E-state index in [2.05, 4.69) is 22.2 Å². The number of piperidine rings is 2. The number of hydrogen-bond acceptors (Lipinski definition) is 3. The van der Waals surface area contributed by atoms with Gasteiger partial charge in [-0.2, -0.15) is 0 Å². The fraction of sp³-hybridized carbons (Fsp3) is 1.00. The van der Waals surface area contributed by atoms with E-state index in [-0.39, 0.29) is 0 Å². The second-order valence-electron chi connectivity index (χ2n) is 7.33. The Morgan fingerprint density at radius 1 is 0.950 bits per heavy atom. The highest BCUT2D eigenvalue weighted by atomic mass is 15.2. The van der Waals surface area contributed by atoms with E-state index in [1.165, 1.54) is 84.1 Å². The third-order valence-corrected chi connectivity index (χ3v) is 5.90. The third kappa shape index (κ3) is 3.75. The zero-order valence-electron chi connectivity index (χ0n) is 13.3. The van der Waals surface area contributed by atoms with Crippen molar-refractivity contribution >= 4 is 0 Å². The average Bonchev–Trinajstić information content (AvgIpc) is 2.48. The first-order chi connectivity index (χ1) is 9.83. The summed E-state index contributed by atoms with van der Waals surface area (Å²) in [5, 5.41) is 3.80. The average molecular weight is 279 g/mol. The van der Waals surface area contributed by atoms with Gasteiger partial charge in [-0.1, -0.05) is 19.3 Å². The molecule has 0 amide bonds. The smallest absolute Gasteiger partial charge is 0.0145 e. The molecule has 0 radical (unpaired) electrons. The maximum atomic E-state index is 3.80. The molecule has 2 saturated heterocycles. The van der Waals surface area contributed by atoms with Gasteiger partial charge in [0.25, 0.3) is 0 Å². The number of nitrogens with one attached hydrogen (secondary N) is 1. The summed E-state index contributed by atoms with van der Waals surface area (Å²) >= 11 is 0. The lowest BCUT2D eigenvalue weighted by Crippen LogP contribution is -2.53. The number of likely N-dealkylation sites (tertiary alicyclic amines) is 2. The monoisotopic (exact) mass is 279 g/mol. The van der Waals surface area contributed by atoms with E-state index in [4.69, 9.17) is 0 Å². The molecule has 1 saturated carbocycles. The Bertz CT molecular complexity index is 288. The number of hydrogen-bond donors (Lipinski definition) is 1. The van der Waals surface area contributed by atoms with Crippen LogP contribution >= 0.6 is 0 Å². The molecule has 2 heterocycles. The Hall–Kier alpha value is -0.120. The fourth-order valence-electron chi connectivity index (χ4n) is 4.66. The summed E-state index contributed by atoms with van der Waals surface area (Å²) in [5.41, 5.74) is 0. The summed E-state index contributed by atoms with van der Waals surface area (Å²) < 4.78 is 0.